The third kappa shape index (κ3) is 9.47. The van der Waals surface area contributed by atoms with E-state index in [1.807, 2.05) is 36.4 Å². The summed E-state index contributed by atoms with van der Waals surface area (Å²) in [6, 6.07) is 16.2. The minimum atomic E-state index is -0.173. The van der Waals surface area contributed by atoms with Gasteiger partial charge in [0.2, 0.25) is 5.91 Å². The smallest absolute Gasteiger partial charge is 0.250 e. The average molecular weight is 458 g/mol. The zero-order valence-electron chi connectivity index (χ0n) is 16.5. The molecule has 0 aliphatic rings. The van der Waals surface area contributed by atoms with Gasteiger partial charge in [0.15, 0.2) is 5.78 Å². The number of nitrogens with one attached hydrogen (secondary N) is 1. The average Bonchev–Trinajstić information content (AvgIpc) is 2.76. The predicted molar refractivity (Wildman–Crippen MR) is 129 cm³/mol. The van der Waals surface area contributed by atoms with Crippen molar-refractivity contribution < 1.29 is 9.59 Å². The van der Waals surface area contributed by atoms with Crippen LogP contribution in [0.2, 0.25) is 0 Å². The molecule has 5 nitrogen and oxygen atoms in total. The largest absolute Gasteiger partial charge is 0.297 e. The number of rotatable bonds is 13. The van der Waals surface area contributed by atoms with Crippen molar-refractivity contribution in [1.29, 1.82) is 0 Å². The quantitative estimate of drug-likeness (QED) is 0.199. The lowest BCUT2D eigenvalue weighted by molar-refractivity contribution is -0.118. The molecule has 0 aliphatic carbocycles. The number of allylic oxidation sites excluding steroid dienone is 1. The molecule has 1 N–H and O–H groups in total. The van der Waals surface area contributed by atoms with Crippen LogP contribution in [0.1, 0.15) is 6.42 Å². The van der Waals surface area contributed by atoms with Gasteiger partial charge in [0.25, 0.3) is 0 Å². The molecule has 0 heterocycles. The number of hydrogen-bond acceptors (Lipinski definition) is 7. The fraction of sp³-hybridized carbons (Fsp3) is 0.182. The monoisotopic (exact) mass is 457 g/mol. The van der Waals surface area contributed by atoms with Crippen LogP contribution in [0.15, 0.2) is 90.9 Å². The topological polar surface area (TPSA) is 70.9 Å². The molecule has 0 radical (unpaired) electrons. The molecule has 0 unspecified atom stereocenters. The van der Waals surface area contributed by atoms with Gasteiger partial charge in [-0.05, 0) is 55.0 Å². The van der Waals surface area contributed by atoms with Crippen molar-refractivity contribution >= 4 is 59.9 Å². The number of thioether (sulfide) groups is 2. The first kappa shape index (κ1) is 24.0. The number of carbonyl (C=O) groups is 2. The number of carbonyl (C=O) groups excluding carboxylic acids is 2. The van der Waals surface area contributed by atoms with Gasteiger partial charge in [-0.1, -0.05) is 17.8 Å². The normalized spacial score (nSPS) is 10.7. The Bertz CT molecular complexity index is 882. The molecule has 0 saturated carbocycles. The van der Waals surface area contributed by atoms with Crippen molar-refractivity contribution in [3.8, 4) is 0 Å². The Hall–Kier alpha value is -2.29. The van der Waals surface area contributed by atoms with Crippen molar-refractivity contribution in [2.24, 2.45) is 10.1 Å². The van der Waals surface area contributed by atoms with E-state index in [0.29, 0.717) is 17.9 Å². The summed E-state index contributed by atoms with van der Waals surface area (Å²) in [5.41, 5.74) is 2.31. The minimum Gasteiger partial charge on any atom is -0.297 e. The van der Waals surface area contributed by atoms with E-state index in [2.05, 4.69) is 40.9 Å². The fourth-order valence-corrected chi connectivity index (χ4v) is 4.39. The van der Waals surface area contributed by atoms with Gasteiger partial charge in [-0.2, -0.15) is 5.10 Å². The van der Waals surface area contributed by atoms with Gasteiger partial charge < -0.3 is 0 Å². The molecule has 2 aromatic carbocycles. The van der Waals surface area contributed by atoms with Crippen LogP contribution in [0.3, 0.4) is 0 Å². The van der Waals surface area contributed by atoms with Gasteiger partial charge in [0.1, 0.15) is 0 Å². The van der Waals surface area contributed by atoms with E-state index in [0.717, 1.165) is 19.6 Å². The molecule has 156 valence electrons. The van der Waals surface area contributed by atoms with Gasteiger partial charge in [0.05, 0.1) is 18.1 Å². The molecule has 0 aliphatic heterocycles. The summed E-state index contributed by atoms with van der Waals surface area (Å²) in [4.78, 5) is 31.6. The number of hydrogen-bond donors (Lipinski definition) is 1. The van der Waals surface area contributed by atoms with Crippen molar-refractivity contribution in [3.05, 3.63) is 61.2 Å². The lowest BCUT2D eigenvalue weighted by atomic mass is 10.4. The van der Waals surface area contributed by atoms with E-state index in [9.17, 15) is 9.59 Å². The molecule has 2 rings (SSSR count). The van der Waals surface area contributed by atoms with Gasteiger partial charge in [-0.25, -0.2) is 5.43 Å². The highest BCUT2D eigenvalue weighted by Crippen LogP contribution is 2.31. The molecule has 0 saturated heterocycles. The van der Waals surface area contributed by atoms with Crippen LogP contribution in [0.5, 0.6) is 0 Å². The highest BCUT2D eigenvalue weighted by Gasteiger charge is 2.04. The second-order valence-electron chi connectivity index (χ2n) is 5.90. The van der Waals surface area contributed by atoms with Crippen LogP contribution in [-0.2, 0) is 9.59 Å². The molecule has 0 bridgehead atoms. The molecule has 0 atom stereocenters. The molecular formula is C22H23N3O2S3. The standard InChI is InChI=1S/C22H23N3O2S3/c1-3-4-13-24-14-17(26)15-28-18-5-9-20(10-6-18)30-21-11-7-19(8-12-21)29-16-22(27)25-23-2/h3,5-13H,1-2,4,14-16H2,(H,25,27). The molecule has 30 heavy (non-hydrogen) atoms. The maximum Gasteiger partial charge on any atom is 0.250 e. The summed E-state index contributed by atoms with van der Waals surface area (Å²) < 4.78 is 0. The van der Waals surface area contributed by atoms with Crippen molar-refractivity contribution in [2.45, 2.75) is 26.0 Å². The number of ketones is 1. The van der Waals surface area contributed by atoms with E-state index in [4.69, 9.17) is 0 Å². The molecule has 8 heteroatoms. The second kappa shape index (κ2) is 13.8. The number of aliphatic imine (C=N–C) groups is 1. The summed E-state index contributed by atoms with van der Waals surface area (Å²) in [6.07, 6.45) is 4.15. The lowest BCUT2D eigenvalue weighted by Crippen LogP contribution is -2.18. The van der Waals surface area contributed by atoms with E-state index < -0.39 is 0 Å². The third-order valence-electron chi connectivity index (χ3n) is 3.53. The molecule has 1 amide bonds. The van der Waals surface area contributed by atoms with Crippen LogP contribution in [0.4, 0.5) is 0 Å². The Balaban J connectivity index is 1.78. The maximum absolute atomic E-state index is 11.8. The van der Waals surface area contributed by atoms with Gasteiger partial charge in [-0.15, -0.1) is 30.1 Å². The van der Waals surface area contributed by atoms with Gasteiger partial charge in [-0.3, -0.25) is 14.6 Å². The number of hydrazone groups is 1. The molecule has 0 fully saturated rings. The van der Waals surface area contributed by atoms with Crippen molar-refractivity contribution in [1.82, 2.24) is 5.43 Å². The highest BCUT2D eigenvalue weighted by atomic mass is 32.2. The molecule has 0 spiro atoms. The Morgan fingerprint density at radius 1 is 0.900 bits per heavy atom. The first-order valence-electron chi connectivity index (χ1n) is 9.09. The zero-order chi connectivity index (χ0) is 21.6. The predicted octanol–water partition coefficient (Wildman–Crippen LogP) is 4.97. The molecular weight excluding hydrogens is 434 g/mol. The highest BCUT2D eigenvalue weighted by molar-refractivity contribution is 8.00. The first-order chi connectivity index (χ1) is 14.6. The SMILES string of the molecule is C=CCC=NCC(=O)CSc1ccc(Sc2ccc(SCC(=O)NN=C)cc2)cc1. The van der Waals surface area contributed by atoms with Crippen LogP contribution in [0, 0.1) is 0 Å². The summed E-state index contributed by atoms with van der Waals surface area (Å²) in [6.45, 7) is 7.06. The Morgan fingerprint density at radius 2 is 1.43 bits per heavy atom. The molecule has 0 aromatic heterocycles. The molecule has 2 aromatic rings. The number of Topliss-reactive ketones (excluding diaryl/α,β-unsaturated/α-hetero) is 1. The summed E-state index contributed by atoms with van der Waals surface area (Å²) >= 11 is 4.63. The minimum absolute atomic E-state index is 0.106. The van der Waals surface area contributed by atoms with Crippen LogP contribution >= 0.6 is 35.3 Å². The van der Waals surface area contributed by atoms with Crippen LogP contribution in [-0.4, -0.2) is 42.7 Å². The first-order valence-corrected chi connectivity index (χ1v) is 11.9. The second-order valence-corrected chi connectivity index (χ2v) is 9.15. The Kier molecular flexibility index (Phi) is 11.1. The number of nitrogens with zero attached hydrogens (tertiary/aromatic N) is 2. The zero-order valence-corrected chi connectivity index (χ0v) is 18.9. The number of benzene rings is 2. The van der Waals surface area contributed by atoms with Gasteiger partial charge in [0, 0.05) is 32.5 Å². The Labute approximate surface area is 189 Å². The third-order valence-corrected chi connectivity index (χ3v) is 6.63. The van der Waals surface area contributed by atoms with Crippen LogP contribution < -0.4 is 5.43 Å². The van der Waals surface area contributed by atoms with E-state index >= 15 is 0 Å². The van der Waals surface area contributed by atoms with Crippen molar-refractivity contribution in [2.75, 3.05) is 18.1 Å². The summed E-state index contributed by atoms with van der Waals surface area (Å²) in [7, 11) is 0. The summed E-state index contributed by atoms with van der Waals surface area (Å²) in [5.74, 6) is 0.648. The van der Waals surface area contributed by atoms with Crippen LogP contribution in [0.25, 0.3) is 0 Å². The fourth-order valence-electron chi connectivity index (χ4n) is 2.14. The maximum atomic E-state index is 11.8. The van der Waals surface area contributed by atoms with E-state index in [1.54, 1.807) is 24.1 Å². The van der Waals surface area contributed by atoms with E-state index in [1.165, 1.54) is 23.5 Å². The Morgan fingerprint density at radius 3 is 1.97 bits per heavy atom. The number of amides is 1. The summed E-state index contributed by atoms with van der Waals surface area (Å²) in [5, 5.41) is 3.36. The van der Waals surface area contributed by atoms with Gasteiger partial charge >= 0.3 is 0 Å². The van der Waals surface area contributed by atoms with E-state index in [-0.39, 0.29) is 18.2 Å². The lowest BCUT2D eigenvalue weighted by Gasteiger charge is -2.05. The van der Waals surface area contributed by atoms with Crippen molar-refractivity contribution in [3.63, 3.8) is 0 Å².